The predicted molar refractivity (Wildman–Crippen MR) is 51.7 cm³/mol. The number of hydrogen-bond donors (Lipinski definition) is 0. The van der Waals surface area contributed by atoms with E-state index < -0.39 is 17.9 Å². The van der Waals surface area contributed by atoms with Crippen molar-refractivity contribution in [1.82, 2.24) is 0 Å². The summed E-state index contributed by atoms with van der Waals surface area (Å²) >= 11 is 3.09. The van der Waals surface area contributed by atoms with Gasteiger partial charge in [-0.25, -0.2) is 0 Å². The third-order valence-corrected chi connectivity index (χ3v) is 3.14. The van der Waals surface area contributed by atoms with Gasteiger partial charge in [-0.15, -0.1) is 0 Å². The van der Waals surface area contributed by atoms with Crippen molar-refractivity contribution in [3.63, 3.8) is 0 Å². The molecule has 0 heterocycles. The van der Waals surface area contributed by atoms with Gasteiger partial charge in [-0.1, -0.05) is 28.1 Å². The molecule has 1 nitrogen and oxygen atoms in total. The summed E-state index contributed by atoms with van der Waals surface area (Å²) in [6.45, 7) is 0. The second-order valence-electron chi connectivity index (χ2n) is 3.44. The van der Waals surface area contributed by atoms with Gasteiger partial charge >= 0.3 is 6.18 Å². The van der Waals surface area contributed by atoms with Gasteiger partial charge in [-0.05, 0) is 18.1 Å². The van der Waals surface area contributed by atoms with Crippen LogP contribution in [0, 0.1) is 5.92 Å². The Balaban J connectivity index is 2.47. The fourth-order valence-corrected chi connectivity index (χ4v) is 2.37. The Kier molecular flexibility index (Phi) is 2.37. The lowest BCUT2D eigenvalue weighted by atomic mass is 10.1. The van der Waals surface area contributed by atoms with Crippen LogP contribution < -0.4 is 0 Å². The van der Waals surface area contributed by atoms with Crippen molar-refractivity contribution in [1.29, 1.82) is 0 Å². The van der Waals surface area contributed by atoms with Crippen LogP contribution in [0.15, 0.2) is 22.7 Å². The van der Waals surface area contributed by atoms with E-state index in [1.807, 2.05) is 0 Å². The summed E-state index contributed by atoms with van der Waals surface area (Å²) in [5.41, 5.74) is 0.650. The summed E-state index contributed by atoms with van der Waals surface area (Å²) < 4.78 is 37.9. The summed E-state index contributed by atoms with van der Waals surface area (Å²) in [5.74, 6) is -2.70. The minimum Gasteiger partial charge on any atom is -0.293 e. The first-order chi connectivity index (χ1) is 6.91. The lowest BCUT2D eigenvalue weighted by Gasteiger charge is -2.11. The van der Waals surface area contributed by atoms with Crippen LogP contribution in [-0.2, 0) is 6.42 Å². The molecular formula is C10H6BrF3O. The standard InChI is InChI=1S/C10H6BrF3O/c11-7-3-1-2-5-4-6(10(12,13)14)9(15)8(5)7/h1-3,6H,4H2. The summed E-state index contributed by atoms with van der Waals surface area (Å²) in [4.78, 5) is 11.5. The monoisotopic (exact) mass is 278 g/mol. The van der Waals surface area contributed by atoms with Crippen molar-refractivity contribution in [2.75, 3.05) is 0 Å². The van der Waals surface area contributed by atoms with Gasteiger partial charge in [0.05, 0.1) is 0 Å². The highest BCUT2D eigenvalue weighted by Gasteiger charge is 2.49. The zero-order valence-corrected chi connectivity index (χ0v) is 9.02. The first kappa shape index (κ1) is 10.7. The quantitative estimate of drug-likeness (QED) is 0.711. The molecule has 0 bridgehead atoms. The molecule has 1 aromatic carbocycles. The molecule has 1 unspecified atom stereocenters. The molecule has 1 atom stereocenters. The third kappa shape index (κ3) is 1.69. The number of halogens is 4. The molecule has 2 rings (SSSR count). The Morgan fingerprint density at radius 1 is 1.33 bits per heavy atom. The Morgan fingerprint density at radius 2 is 2.00 bits per heavy atom. The van der Waals surface area contributed by atoms with Gasteiger partial charge in [0.2, 0.25) is 0 Å². The number of hydrogen-bond acceptors (Lipinski definition) is 1. The van der Waals surface area contributed by atoms with Crippen molar-refractivity contribution in [3.05, 3.63) is 33.8 Å². The fourth-order valence-electron chi connectivity index (χ4n) is 1.77. The fraction of sp³-hybridized carbons (Fsp3) is 0.300. The predicted octanol–water partition coefficient (Wildman–Crippen LogP) is 3.37. The summed E-state index contributed by atoms with van der Waals surface area (Å²) in [6, 6.07) is 4.77. The molecule has 0 radical (unpaired) electrons. The molecule has 1 aliphatic carbocycles. The van der Waals surface area contributed by atoms with Crippen molar-refractivity contribution in [2.45, 2.75) is 12.6 Å². The maximum absolute atomic E-state index is 12.5. The van der Waals surface area contributed by atoms with Crippen molar-refractivity contribution in [3.8, 4) is 0 Å². The summed E-state index contributed by atoms with van der Waals surface area (Å²) in [5, 5.41) is 0. The molecule has 0 aromatic heterocycles. The molecule has 80 valence electrons. The molecule has 0 spiro atoms. The van der Waals surface area contributed by atoms with E-state index in [0.717, 1.165) is 0 Å². The molecule has 0 amide bonds. The van der Waals surface area contributed by atoms with E-state index in [0.29, 0.717) is 10.0 Å². The van der Waals surface area contributed by atoms with Crippen LogP contribution in [0.5, 0.6) is 0 Å². The maximum Gasteiger partial charge on any atom is 0.399 e. The molecule has 0 saturated heterocycles. The molecule has 0 saturated carbocycles. The van der Waals surface area contributed by atoms with Crippen LogP contribution in [0.4, 0.5) is 13.2 Å². The number of alkyl halides is 3. The van der Waals surface area contributed by atoms with E-state index >= 15 is 0 Å². The molecule has 0 fully saturated rings. The van der Waals surface area contributed by atoms with Gasteiger partial charge in [0, 0.05) is 10.0 Å². The highest BCUT2D eigenvalue weighted by molar-refractivity contribution is 9.10. The minimum absolute atomic E-state index is 0.180. The largest absolute Gasteiger partial charge is 0.399 e. The van der Waals surface area contributed by atoms with Crippen LogP contribution in [0.1, 0.15) is 15.9 Å². The first-order valence-corrected chi connectivity index (χ1v) is 5.09. The van der Waals surface area contributed by atoms with E-state index in [1.165, 1.54) is 0 Å². The number of benzene rings is 1. The second kappa shape index (κ2) is 3.33. The number of rotatable bonds is 0. The SMILES string of the molecule is O=C1c2c(Br)cccc2CC1C(F)(F)F. The topological polar surface area (TPSA) is 17.1 Å². The highest BCUT2D eigenvalue weighted by atomic mass is 79.9. The average molecular weight is 279 g/mol. The highest BCUT2D eigenvalue weighted by Crippen LogP contribution is 2.40. The van der Waals surface area contributed by atoms with Gasteiger partial charge in [-0.3, -0.25) is 4.79 Å². The lowest BCUT2D eigenvalue weighted by Crippen LogP contribution is -2.28. The van der Waals surface area contributed by atoms with Crippen molar-refractivity contribution in [2.24, 2.45) is 5.92 Å². The molecule has 5 heteroatoms. The zero-order valence-electron chi connectivity index (χ0n) is 7.44. The van der Waals surface area contributed by atoms with Crippen molar-refractivity contribution >= 4 is 21.7 Å². The van der Waals surface area contributed by atoms with Gasteiger partial charge < -0.3 is 0 Å². The third-order valence-electron chi connectivity index (χ3n) is 2.48. The van der Waals surface area contributed by atoms with Gasteiger partial charge in [0.15, 0.2) is 5.78 Å². The van der Waals surface area contributed by atoms with Crippen LogP contribution in [-0.4, -0.2) is 12.0 Å². The van der Waals surface area contributed by atoms with Crippen LogP contribution in [0.3, 0.4) is 0 Å². The summed E-state index contributed by atoms with van der Waals surface area (Å²) in [6.07, 6.45) is -4.69. The Bertz CT molecular complexity index is 425. The molecule has 0 aliphatic heterocycles. The molecule has 15 heavy (non-hydrogen) atoms. The van der Waals surface area contributed by atoms with E-state index in [4.69, 9.17) is 0 Å². The number of carbonyl (C=O) groups is 1. The first-order valence-electron chi connectivity index (χ1n) is 4.29. The lowest BCUT2D eigenvalue weighted by molar-refractivity contribution is -0.158. The number of Topliss-reactive ketones (excluding diaryl/α,β-unsaturated/α-hetero) is 1. The Labute approximate surface area is 92.4 Å². The summed E-state index contributed by atoms with van der Waals surface area (Å²) in [7, 11) is 0. The number of ketones is 1. The zero-order chi connectivity index (χ0) is 11.2. The minimum atomic E-state index is -4.45. The number of fused-ring (bicyclic) bond motifs is 1. The molecular weight excluding hydrogens is 273 g/mol. The van der Waals surface area contributed by atoms with Crippen LogP contribution >= 0.6 is 15.9 Å². The van der Waals surface area contributed by atoms with Gasteiger partial charge in [-0.2, -0.15) is 13.2 Å². The normalized spacial score (nSPS) is 20.5. The molecule has 1 aromatic rings. The average Bonchev–Trinajstić information content (AvgIpc) is 2.44. The van der Waals surface area contributed by atoms with Gasteiger partial charge in [0.25, 0.3) is 0 Å². The van der Waals surface area contributed by atoms with Crippen molar-refractivity contribution < 1.29 is 18.0 Å². The Hall–Kier alpha value is -0.840. The van der Waals surface area contributed by atoms with Gasteiger partial charge in [0.1, 0.15) is 5.92 Å². The van der Waals surface area contributed by atoms with E-state index in [-0.39, 0.29) is 12.0 Å². The molecule has 0 N–H and O–H groups in total. The Morgan fingerprint density at radius 3 is 2.53 bits per heavy atom. The van der Waals surface area contributed by atoms with Crippen LogP contribution in [0.2, 0.25) is 0 Å². The van der Waals surface area contributed by atoms with Crippen LogP contribution in [0.25, 0.3) is 0 Å². The van der Waals surface area contributed by atoms with E-state index in [9.17, 15) is 18.0 Å². The van der Waals surface area contributed by atoms with E-state index in [1.54, 1.807) is 18.2 Å². The smallest absolute Gasteiger partial charge is 0.293 e. The second-order valence-corrected chi connectivity index (χ2v) is 4.29. The number of carbonyl (C=O) groups excluding carboxylic acids is 1. The molecule has 1 aliphatic rings. The van der Waals surface area contributed by atoms with E-state index in [2.05, 4.69) is 15.9 Å². The maximum atomic E-state index is 12.5.